The van der Waals surface area contributed by atoms with Crippen LogP contribution in [0.2, 0.25) is 5.02 Å². The molecule has 0 aliphatic carbocycles. The molecule has 0 saturated heterocycles. The summed E-state index contributed by atoms with van der Waals surface area (Å²) in [6.07, 6.45) is 5.91. The predicted octanol–water partition coefficient (Wildman–Crippen LogP) is 7.82. The number of nitrogens with one attached hydrogen (secondary N) is 1. The normalized spacial score (nSPS) is 12.0. The molecule has 1 aromatic heterocycles. The van der Waals surface area contributed by atoms with E-state index in [1.807, 2.05) is 18.2 Å². The minimum Gasteiger partial charge on any atom is -0.494 e. The number of fused-ring (bicyclic) bond motifs is 1. The molecular formula is C32H38ClN3O2. The zero-order valence-electron chi connectivity index (χ0n) is 22.5. The van der Waals surface area contributed by atoms with Gasteiger partial charge in [-0.25, -0.2) is 4.98 Å². The minimum absolute atomic E-state index is 0.119. The quantitative estimate of drug-likeness (QED) is 0.169. The highest BCUT2D eigenvalue weighted by molar-refractivity contribution is 6.33. The first-order chi connectivity index (χ1) is 18.6. The molecule has 1 heterocycles. The van der Waals surface area contributed by atoms with E-state index in [0.717, 1.165) is 62.2 Å². The van der Waals surface area contributed by atoms with Crippen molar-refractivity contribution in [2.75, 3.05) is 13.2 Å². The van der Waals surface area contributed by atoms with Crippen molar-refractivity contribution in [2.45, 2.75) is 64.8 Å². The van der Waals surface area contributed by atoms with Crippen molar-refractivity contribution in [3.63, 3.8) is 0 Å². The van der Waals surface area contributed by atoms with Crippen LogP contribution in [-0.4, -0.2) is 28.6 Å². The van der Waals surface area contributed by atoms with Gasteiger partial charge in [0.05, 0.1) is 28.2 Å². The maximum atomic E-state index is 12.3. The Labute approximate surface area is 231 Å². The van der Waals surface area contributed by atoms with Crippen molar-refractivity contribution >= 4 is 28.5 Å². The van der Waals surface area contributed by atoms with E-state index in [0.29, 0.717) is 29.7 Å². The molecule has 0 aliphatic rings. The molecule has 1 amide bonds. The Hall–Kier alpha value is -3.31. The zero-order chi connectivity index (χ0) is 26.7. The third-order valence-corrected chi connectivity index (χ3v) is 7.40. The summed E-state index contributed by atoms with van der Waals surface area (Å²) in [5, 5.41) is 3.45. The number of hydrogen-bond donors (Lipinski definition) is 1. The molecule has 0 fully saturated rings. The van der Waals surface area contributed by atoms with Crippen LogP contribution in [0.1, 0.15) is 73.6 Å². The molecule has 4 aromatic rings. The second-order valence-corrected chi connectivity index (χ2v) is 10.2. The van der Waals surface area contributed by atoms with Crippen LogP contribution in [0.5, 0.6) is 5.75 Å². The topological polar surface area (TPSA) is 56.1 Å². The molecule has 200 valence electrons. The van der Waals surface area contributed by atoms with Crippen LogP contribution in [0.4, 0.5) is 0 Å². The lowest BCUT2D eigenvalue weighted by molar-refractivity contribution is 0.0953. The fourth-order valence-corrected chi connectivity index (χ4v) is 4.86. The Balaban J connectivity index is 1.24. The molecule has 0 spiro atoms. The largest absolute Gasteiger partial charge is 0.494 e. The zero-order valence-corrected chi connectivity index (χ0v) is 23.2. The number of carbonyl (C=O) groups is 1. The van der Waals surface area contributed by atoms with E-state index in [2.05, 4.69) is 66.2 Å². The standard InChI is InChI=1S/C32H38ClN3O2/c1-3-24(2)25-17-19-26(20-18-25)38-23-11-22-36-30-15-9-8-14-29(30)35-31(36)16-5-4-10-21-34-32(37)27-12-6-7-13-28(27)33/h6-9,12-15,17-20,24H,3-5,10-11,16,21-23H2,1-2H3,(H,34,37). The molecule has 1 unspecified atom stereocenters. The Bertz CT molecular complexity index is 1320. The summed E-state index contributed by atoms with van der Waals surface area (Å²) in [6, 6.07) is 24.0. The smallest absolute Gasteiger partial charge is 0.252 e. The predicted molar refractivity (Wildman–Crippen MR) is 156 cm³/mol. The number of carbonyl (C=O) groups excluding carboxylic acids is 1. The Kier molecular flexibility index (Phi) is 10.2. The van der Waals surface area contributed by atoms with Gasteiger partial charge in [0.15, 0.2) is 0 Å². The highest BCUT2D eigenvalue weighted by Gasteiger charge is 2.11. The number of ether oxygens (including phenoxy) is 1. The van der Waals surface area contributed by atoms with Gasteiger partial charge in [0.25, 0.3) is 5.91 Å². The molecule has 4 rings (SSSR count). The summed E-state index contributed by atoms with van der Waals surface area (Å²) in [6.45, 7) is 6.64. The van der Waals surface area contributed by atoms with Crippen molar-refractivity contribution < 1.29 is 9.53 Å². The molecule has 0 radical (unpaired) electrons. The first-order valence-corrected chi connectivity index (χ1v) is 14.1. The first kappa shape index (κ1) is 27.7. The van der Waals surface area contributed by atoms with Crippen molar-refractivity contribution in [1.29, 1.82) is 0 Å². The number of benzene rings is 3. The Morgan fingerprint density at radius 3 is 2.53 bits per heavy atom. The molecule has 1 atom stereocenters. The van der Waals surface area contributed by atoms with Gasteiger partial charge in [-0.1, -0.05) is 68.3 Å². The number of unbranched alkanes of at least 4 members (excludes halogenated alkanes) is 2. The summed E-state index contributed by atoms with van der Waals surface area (Å²) in [4.78, 5) is 17.2. The van der Waals surface area contributed by atoms with Crippen molar-refractivity contribution in [1.82, 2.24) is 14.9 Å². The minimum atomic E-state index is -0.119. The Morgan fingerprint density at radius 1 is 0.974 bits per heavy atom. The van der Waals surface area contributed by atoms with Crippen LogP contribution in [0.15, 0.2) is 72.8 Å². The van der Waals surface area contributed by atoms with Gasteiger partial charge >= 0.3 is 0 Å². The summed E-state index contributed by atoms with van der Waals surface area (Å²) in [7, 11) is 0. The van der Waals surface area contributed by atoms with Crippen molar-refractivity contribution in [3.8, 4) is 5.75 Å². The van der Waals surface area contributed by atoms with Crippen molar-refractivity contribution in [3.05, 3.63) is 94.8 Å². The molecule has 6 heteroatoms. The molecule has 0 bridgehead atoms. The lowest BCUT2D eigenvalue weighted by Crippen LogP contribution is -2.24. The molecule has 38 heavy (non-hydrogen) atoms. The van der Waals surface area contributed by atoms with Crippen LogP contribution in [0.25, 0.3) is 11.0 Å². The molecule has 0 saturated carbocycles. The number of amides is 1. The van der Waals surface area contributed by atoms with Gasteiger partial charge in [-0.2, -0.15) is 0 Å². The molecular weight excluding hydrogens is 494 g/mol. The molecule has 5 nitrogen and oxygen atoms in total. The third-order valence-electron chi connectivity index (χ3n) is 7.07. The fraction of sp³-hybridized carbons (Fsp3) is 0.375. The van der Waals surface area contributed by atoms with E-state index in [-0.39, 0.29) is 5.91 Å². The number of hydrogen-bond acceptors (Lipinski definition) is 3. The summed E-state index contributed by atoms with van der Waals surface area (Å²) >= 11 is 6.12. The van der Waals surface area contributed by atoms with Crippen LogP contribution in [0, 0.1) is 0 Å². The summed E-state index contributed by atoms with van der Waals surface area (Å²) < 4.78 is 8.37. The second-order valence-electron chi connectivity index (χ2n) is 9.80. The van der Waals surface area contributed by atoms with Gasteiger partial charge in [-0.3, -0.25) is 4.79 Å². The number of halogens is 1. The van der Waals surface area contributed by atoms with Gasteiger partial charge < -0.3 is 14.6 Å². The van der Waals surface area contributed by atoms with Gasteiger partial charge in [0.2, 0.25) is 0 Å². The fourth-order valence-electron chi connectivity index (χ4n) is 4.63. The second kappa shape index (κ2) is 14.0. The average Bonchev–Trinajstić information content (AvgIpc) is 3.30. The highest BCUT2D eigenvalue weighted by Crippen LogP contribution is 2.22. The molecule has 1 N–H and O–H groups in total. The number of aryl methyl sites for hydroxylation is 2. The van der Waals surface area contributed by atoms with Crippen molar-refractivity contribution in [2.24, 2.45) is 0 Å². The lowest BCUT2D eigenvalue weighted by Gasteiger charge is -2.12. The van der Waals surface area contributed by atoms with E-state index in [1.165, 1.54) is 11.1 Å². The SMILES string of the molecule is CCC(C)c1ccc(OCCCn2c(CCCCCNC(=O)c3ccccc3Cl)nc3ccccc32)cc1. The van der Waals surface area contributed by atoms with E-state index in [9.17, 15) is 4.79 Å². The monoisotopic (exact) mass is 531 g/mol. The maximum absolute atomic E-state index is 12.3. The number of rotatable bonds is 14. The van der Waals surface area contributed by atoms with Crippen LogP contribution >= 0.6 is 11.6 Å². The van der Waals surface area contributed by atoms with Gasteiger partial charge in [0.1, 0.15) is 11.6 Å². The lowest BCUT2D eigenvalue weighted by atomic mass is 9.99. The van der Waals surface area contributed by atoms with Gasteiger partial charge in [0, 0.05) is 19.5 Å². The van der Waals surface area contributed by atoms with E-state index < -0.39 is 0 Å². The van der Waals surface area contributed by atoms with E-state index >= 15 is 0 Å². The van der Waals surface area contributed by atoms with Crippen LogP contribution in [-0.2, 0) is 13.0 Å². The Morgan fingerprint density at radius 2 is 1.74 bits per heavy atom. The molecule has 0 aliphatic heterocycles. The van der Waals surface area contributed by atoms with E-state index in [4.69, 9.17) is 21.3 Å². The average molecular weight is 532 g/mol. The molecule has 3 aromatic carbocycles. The maximum Gasteiger partial charge on any atom is 0.252 e. The van der Waals surface area contributed by atoms with Gasteiger partial charge in [-0.05, 0) is 73.6 Å². The first-order valence-electron chi connectivity index (χ1n) is 13.8. The summed E-state index contributed by atoms with van der Waals surface area (Å²) in [5.41, 5.74) is 4.09. The van der Waals surface area contributed by atoms with E-state index in [1.54, 1.807) is 12.1 Å². The number of para-hydroxylation sites is 2. The number of imidazole rings is 1. The summed E-state index contributed by atoms with van der Waals surface area (Å²) in [5.74, 6) is 2.49. The number of nitrogens with zero attached hydrogens (tertiary/aromatic N) is 2. The third kappa shape index (κ3) is 7.38. The highest BCUT2D eigenvalue weighted by atomic mass is 35.5. The number of aromatic nitrogens is 2. The van der Waals surface area contributed by atoms with Crippen LogP contribution < -0.4 is 10.1 Å². The van der Waals surface area contributed by atoms with Crippen LogP contribution in [0.3, 0.4) is 0 Å². The van der Waals surface area contributed by atoms with Gasteiger partial charge in [-0.15, -0.1) is 0 Å².